The number of guanidine groups is 1. The first-order valence-corrected chi connectivity index (χ1v) is 9.17. The monoisotopic (exact) mass is 349 g/mol. The second-order valence-corrected chi connectivity index (χ2v) is 6.00. The molecule has 1 atom stereocenters. The van der Waals surface area contributed by atoms with Crippen LogP contribution in [-0.4, -0.2) is 52.1 Å². The molecule has 140 valence electrons. The fourth-order valence-electron chi connectivity index (χ4n) is 2.69. The first-order chi connectivity index (χ1) is 12.3. The summed E-state index contributed by atoms with van der Waals surface area (Å²) >= 11 is 0. The van der Waals surface area contributed by atoms with Gasteiger partial charge < -0.3 is 24.8 Å². The molecule has 6 heteroatoms. The van der Waals surface area contributed by atoms with Crippen LogP contribution >= 0.6 is 0 Å². The van der Waals surface area contributed by atoms with Crippen molar-refractivity contribution in [3.63, 3.8) is 0 Å². The number of benzene rings is 1. The number of nitrogens with zero attached hydrogens (tertiary/aromatic N) is 1. The van der Waals surface area contributed by atoms with Crippen molar-refractivity contribution in [1.82, 2.24) is 10.6 Å². The van der Waals surface area contributed by atoms with Crippen molar-refractivity contribution in [2.24, 2.45) is 4.99 Å². The molecule has 1 aliphatic rings. The fraction of sp³-hybridized carbons (Fsp3) is 0.632. The van der Waals surface area contributed by atoms with E-state index in [9.17, 15) is 0 Å². The summed E-state index contributed by atoms with van der Waals surface area (Å²) in [4.78, 5) is 4.25. The molecule has 1 heterocycles. The number of hydrogen-bond acceptors (Lipinski definition) is 4. The van der Waals surface area contributed by atoms with Gasteiger partial charge in [-0.25, -0.2) is 0 Å². The van der Waals surface area contributed by atoms with Gasteiger partial charge >= 0.3 is 0 Å². The van der Waals surface area contributed by atoms with Crippen LogP contribution in [0, 0.1) is 0 Å². The van der Waals surface area contributed by atoms with Gasteiger partial charge in [0, 0.05) is 33.4 Å². The molecule has 2 rings (SSSR count). The third-order valence-corrected chi connectivity index (χ3v) is 3.98. The first-order valence-electron chi connectivity index (χ1n) is 9.17. The molecule has 0 aliphatic carbocycles. The molecule has 0 bridgehead atoms. The topological polar surface area (TPSA) is 64.1 Å². The molecule has 1 saturated heterocycles. The van der Waals surface area contributed by atoms with Crippen LogP contribution in [0.2, 0.25) is 0 Å². The minimum absolute atomic E-state index is 0.301. The van der Waals surface area contributed by atoms with Gasteiger partial charge in [0.05, 0.1) is 19.3 Å². The van der Waals surface area contributed by atoms with Crippen LogP contribution in [-0.2, 0) is 16.0 Å². The molecule has 25 heavy (non-hydrogen) atoms. The zero-order valence-electron chi connectivity index (χ0n) is 15.4. The number of ether oxygens (including phenoxy) is 3. The van der Waals surface area contributed by atoms with Gasteiger partial charge in [0.15, 0.2) is 5.96 Å². The molecule has 0 spiro atoms. The van der Waals surface area contributed by atoms with E-state index in [-0.39, 0.29) is 0 Å². The third kappa shape index (κ3) is 7.75. The summed E-state index contributed by atoms with van der Waals surface area (Å²) in [7, 11) is 1.78. The van der Waals surface area contributed by atoms with Crippen molar-refractivity contribution in [2.45, 2.75) is 38.8 Å². The van der Waals surface area contributed by atoms with Gasteiger partial charge in [-0.15, -0.1) is 0 Å². The summed E-state index contributed by atoms with van der Waals surface area (Å²) in [6.45, 7) is 6.52. The van der Waals surface area contributed by atoms with E-state index in [1.165, 1.54) is 0 Å². The smallest absolute Gasteiger partial charge is 0.191 e. The van der Waals surface area contributed by atoms with Crippen molar-refractivity contribution in [1.29, 1.82) is 0 Å². The summed E-state index contributed by atoms with van der Waals surface area (Å²) in [5.74, 6) is 1.69. The quantitative estimate of drug-likeness (QED) is 0.386. The van der Waals surface area contributed by atoms with Crippen molar-refractivity contribution in [2.75, 3.05) is 40.0 Å². The van der Waals surface area contributed by atoms with Crippen LogP contribution < -0.4 is 15.4 Å². The SMILES string of the molecule is CCOc1cccc(CNC(=NC)NCCCOCC2CCCO2)c1. The van der Waals surface area contributed by atoms with Gasteiger partial charge in [-0.1, -0.05) is 12.1 Å². The number of hydrogen-bond donors (Lipinski definition) is 2. The average Bonchev–Trinajstić information content (AvgIpc) is 3.14. The number of nitrogens with one attached hydrogen (secondary N) is 2. The Balaban J connectivity index is 1.57. The van der Waals surface area contributed by atoms with E-state index < -0.39 is 0 Å². The van der Waals surface area contributed by atoms with Crippen molar-refractivity contribution in [3.05, 3.63) is 29.8 Å². The van der Waals surface area contributed by atoms with Crippen molar-refractivity contribution in [3.8, 4) is 5.75 Å². The minimum atomic E-state index is 0.301. The largest absolute Gasteiger partial charge is 0.494 e. The zero-order valence-corrected chi connectivity index (χ0v) is 15.4. The summed E-state index contributed by atoms with van der Waals surface area (Å²) < 4.78 is 16.7. The van der Waals surface area contributed by atoms with Crippen molar-refractivity contribution >= 4 is 5.96 Å². The zero-order chi connectivity index (χ0) is 17.7. The fourth-order valence-corrected chi connectivity index (χ4v) is 2.69. The highest BCUT2D eigenvalue weighted by Gasteiger charge is 2.14. The molecule has 0 radical (unpaired) electrons. The Morgan fingerprint density at radius 2 is 2.28 bits per heavy atom. The number of aliphatic imine (C=N–C) groups is 1. The molecular formula is C19H31N3O3. The Morgan fingerprint density at radius 1 is 1.36 bits per heavy atom. The third-order valence-electron chi connectivity index (χ3n) is 3.98. The highest BCUT2D eigenvalue weighted by molar-refractivity contribution is 5.79. The lowest BCUT2D eigenvalue weighted by atomic mass is 10.2. The van der Waals surface area contributed by atoms with E-state index in [0.29, 0.717) is 25.9 Å². The maximum Gasteiger partial charge on any atom is 0.191 e. The van der Waals surface area contributed by atoms with Crippen LogP contribution in [0.5, 0.6) is 5.75 Å². The van der Waals surface area contributed by atoms with Gasteiger partial charge in [0.25, 0.3) is 0 Å². The van der Waals surface area contributed by atoms with E-state index >= 15 is 0 Å². The normalized spacial score (nSPS) is 17.5. The predicted octanol–water partition coefficient (Wildman–Crippen LogP) is 2.34. The van der Waals surface area contributed by atoms with Gasteiger partial charge in [-0.3, -0.25) is 4.99 Å². The van der Waals surface area contributed by atoms with E-state index in [1.54, 1.807) is 7.05 Å². The van der Waals surface area contributed by atoms with Crippen LogP contribution in [0.25, 0.3) is 0 Å². The van der Waals surface area contributed by atoms with Crippen LogP contribution in [0.3, 0.4) is 0 Å². The Bertz CT molecular complexity index is 516. The maximum absolute atomic E-state index is 5.66. The Kier molecular flexibility index (Phi) is 9.15. The summed E-state index contributed by atoms with van der Waals surface area (Å²) in [5, 5.41) is 6.62. The van der Waals surface area contributed by atoms with E-state index in [2.05, 4.69) is 21.7 Å². The molecule has 1 aromatic rings. The standard InChI is InChI=1S/C19H31N3O3/c1-3-24-17-8-4-7-16(13-17)14-22-19(20-2)21-10-6-11-23-15-18-9-5-12-25-18/h4,7-8,13,18H,3,5-6,9-12,14-15H2,1-2H3,(H2,20,21,22). The summed E-state index contributed by atoms with van der Waals surface area (Å²) in [6, 6.07) is 8.09. The molecule has 0 saturated carbocycles. The van der Waals surface area contributed by atoms with E-state index in [1.807, 2.05) is 25.1 Å². The molecule has 6 nitrogen and oxygen atoms in total. The lowest BCUT2D eigenvalue weighted by Gasteiger charge is -2.13. The molecule has 0 aromatic heterocycles. The van der Waals surface area contributed by atoms with Crippen LogP contribution in [0.15, 0.2) is 29.3 Å². The Labute approximate surface area is 151 Å². The van der Waals surface area contributed by atoms with Crippen molar-refractivity contribution < 1.29 is 14.2 Å². The summed E-state index contributed by atoms with van der Waals surface area (Å²) in [5.41, 5.74) is 1.16. The van der Waals surface area contributed by atoms with Crippen LogP contribution in [0.1, 0.15) is 31.7 Å². The second-order valence-electron chi connectivity index (χ2n) is 6.00. The number of rotatable bonds is 10. The molecule has 0 amide bonds. The van der Waals surface area contributed by atoms with Gasteiger partial charge in [-0.2, -0.15) is 0 Å². The van der Waals surface area contributed by atoms with E-state index in [4.69, 9.17) is 14.2 Å². The molecular weight excluding hydrogens is 318 g/mol. The Hall–Kier alpha value is -1.79. The molecule has 1 aromatic carbocycles. The molecule has 1 fully saturated rings. The van der Waals surface area contributed by atoms with Crippen LogP contribution in [0.4, 0.5) is 0 Å². The average molecular weight is 349 g/mol. The molecule has 1 aliphatic heterocycles. The Morgan fingerprint density at radius 3 is 3.04 bits per heavy atom. The van der Waals surface area contributed by atoms with E-state index in [0.717, 1.165) is 56.3 Å². The van der Waals surface area contributed by atoms with Gasteiger partial charge in [0.1, 0.15) is 5.75 Å². The first kappa shape index (κ1) is 19.5. The predicted molar refractivity (Wildman–Crippen MR) is 100 cm³/mol. The highest BCUT2D eigenvalue weighted by atomic mass is 16.5. The lowest BCUT2D eigenvalue weighted by Crippen LogP contribution is -2.37. The lowest BCUT2D eigenvalue weighted by molar-refractivity contribution is 0.0168. The van der Waals surface area contributed by atoms with Gasteiger partial charge in [-0.05, 0) is 43.9 Å². The molecule has 1 unspecified atom stereocenters. The highest BCUT2D eigenvalue weighted by Crippen LogP contribution is 2.13. The maximum atomic E-state index is 5.66. The van der Waals surface area contributed by atoms with Gasteiger partial charge in [0.2, 0.25) is 0 Å². The molecule has 2 N–H and O–H groups in total. The minimum Gasteiger partial charge on any atom is -0.494 e. The summed E-state index contributed by atoms with van der Waals surface area (Å²) in [6.07, 6.45) is 3.52. The second kappa shape index (κ2) is 11.7.